The van der Waals surface area contributed by atoms with Gasteiger partial charge in [0.25, 0.3) is 0 Å². The smallest absolute Gasteiger partial charge is 0.0790 e. The second-order valence-electron chi connectivity index (χ2n) is 4.33. The van der Waals surface area contributed by atoms with Gasteiger partial charge < -0.3 is 5.11 Å². The fraction of sp³-hybridized carbons (Fsp3) is 0.538. The van der Waals surface area contributed by atoms with Crippen molar-refractivity contribution in [2.24, 2.45) is 5.41 Å². The summed E-state index contributed by atoms with van der Waals surface area (Å²) in [6.45, 7) is 4.88. The lowest BCUT2D eigenvalue weighted by atomic mass is 9.88. The van der Waals surface area contributed by atoms with Crippen LogP contribution in [-0.2, 0) is 0 Å². The van der Waals surface area contributed by atoms with Crippen LogP contribution in [0.3, 0.4) is 0 Å². The normalized spacial score (nSPS) is 20.3. The van der Waals surface area contributed by atoms with Crippen LogP contribution in [0.25, 0.3) is 0 Å². The molecular formula is C13H20O. The van der Waals surface area contributed by atoms with E-state index in [4.69, 9.17) is 5.48 Å². The summed E-state index contributed by atoms with van der Waals surface area (Å²) in [5.74, 6) is 0. The van der Waals surface area contributed by atoms with Crippen molar-refractivity contribution >= 4 is 0 Å². The summed E-state index contributed by atoms with van der Waals surface area (Å²) < 4.78 is 31.9. The predicted octanol–water partition coefficient (Wildman–Crippen LogP) is 3.55. The first-order valence-corrected chi connectivity index (χ1v) is 4.75. The number of hydrogen-bond acceptors (Lipinski definition) is 1. The maximum Gasteiger partial charge on any atom is 0.0790 e. The molecule has 1 rings (SSSR count). The van der Waals surface area contributed by atoms with Gasteiger partial charge in [-0.3, -0.25) is 0 Å². The average Bonchev–Trinajstić information content (AvgIpc) is 2.27. The van der Waals surface area contributed by atoms with Crippen molar-refractivity contribution in [1.82, 2.24) is 0 Å². The summed E-state index contributed by atoms with van der Waals surface area (Å²) in [7, 11) is 0. The number of aliphatic hydroxyl groups excluding tert-OH is 1. The molecule has 1 heteroatoms. The summed E-state index contributed by atoms with van der Waals surface area (Å²) in [5, 5.41) is 10.1. The molecule has 0 radical (unpaired) electrons. The molecule has 0 spiro atoms. The third-order valence-electron chi connectivity index (χ3n) is 1.70. The van der Waals surface area contributed by atoms with Gasteiger partial charge in [0, 0.05) is 5.48 Å². The van der Waals surface area contributed by atoms with Crippen LogP contribution in [-0.4, -0.2) is 5.11 Å². The average molecular weight is 196 g/mol. The third kappa shape index (κ3) is 3.93. The van der Waals surface area contributed by atoms with E-state index in [0.29, 0.717) is 5.56 Å². The molecule has 78 valence electrons. The monoisotopic (exact) mass is 196 g/mol. The van der Waals surface area contributed by atoms with Crippen LogP contribution in [0.4, 0.5) is 0 Å². The SMILES string of the molecule is [2H]C([2H])(C(O)c1ccccc1)C([2H])([2H])C(C)(C)C. The summed E-state index contributed by atoms with van der Waals surface area (Å²) >= 11 is 0. The number of rotatable bonds is 3. The second-order valence-corrected chi connectivity index (χ2v) is 4.33. The molecule has 0 bridgehead atoms. The Morgan fingerprint density at radius 2 is 1.86 bits per heavy atom. The second kappa shape index (κ2) is 4.61. The Morgan fingerprint density at radius 3 is 2.36 bits per heavy atom. The molecule has 0 aliphatic carbocycles. The van der Waals surface area contributed by atoms with Gasteiger partial charge in [-0.2, -0.15) is 0 Å². The number of benzene rings is 1. The van der Waals surface area contributed by atoms with Crippen molar-refractivity contribution in [3.8, 4) is 0 Å². The van der Waals surface area contributed by atoms with Gasteiger partial charge in [-0.25, -0.2) is 0 Å². The van der Waals surface area contributed by atoms with Crippen LogP contribution < -0.4 is 0 Å². The van der Waals surface area contributed by atoms with Crippen LogP contribution in [0.15, 0.2) is 30.3 Å². The molecule has 1 atom stereocenters. The van der Waals surface area contributed by atoms with Crippen LogP contribution in [0.2, 0.25) is 0 Å². The Labute approximate surface area is 92.4 Å². The molecule has 0 aromatic heterocycles. The highest BCUT2D eigenvalue weighted by molar-refractivity contribution is 5.17. The Hall–Kier alpha value is -0.820. The third-order valence-corrected chi connectivity index (χ3v) is 1.70. The summed E-state index contributed by atoms with van der Waals surface area (Å²) in [5.41, 5.74) is -0.526. The summed E-state index contributed by atoms with van der Waals surface area (Å²) in [6, 6.07) is 8.36. The zero-order valence-electron chi connectivity index (χ0n) is 12.9. The van der Waals surface area contributed by atoms with Crippen LogP contribution in [0.1, 0.15) is 50.7 Å². The van der Waals surface area contributed by atoms with Gasteiger partial charge >= 0.3 is 0 Å². The van der Waals surface area contributed by atoms with Gasteiger partial charge in [-0.05, 0) is 23.7 Å². The fourth-order valence-corrected chi connectivity index (χ4v) is 1.00. The van der Waals surface area contributed by atoms with Crippen LogP contribution >= 0.6 is 0 Å². The van der Waals surface area contributed by atoms with E-state index in [9.17, 15) is 5.11 Å². The Morgan fingerprint density at radius 1 is 1.29 bits per heavy atom. The molecule has 1 N–H and O–H groups in total. The largest absolute Gasteiger partial charge is 0.388 e. The predicted molar refractivity (Wildman–Crippen MR) is 60.1 cm³/mol. The zero-order valence-corrected chi connectivity index (χ0v) is 8.91. The topological polar surface area (TPSA) is 20.2 Å². The highest BCUT2D eigenvalue weighted by atomic mass is 16.3. The Kier molecular flexibility index (Phi) is 2.18. The number of hydrogen-bond donors (Lipinski definition) is 1. The van der Waals surface area contributed by atoms with E-state index in [0.717, 1.165) is 0 Å². The van der Waals surface area contributed by atoms with Gasteiger partial charge in [-0.1, -0.05) is 51.1 Å². The highest BCUT2D eigenvalue weighted by Crippen LogP contribution is 2.26. The first-order valence-electron chi connectivity index (χ1n) is 6.75. The molecule has 0 amide bonds. The standard InChI is InChI=1S/C13H20O/c1-13(2,3)10-9-12(14)11-7-5-4-6-8-11/h4-8,12,14H,9-10H2,1-3H3/i9D2,10D2. The summed E-state index contributed by atoms with van der Waals surface area (Å²) in [6.07, 6.45) is -6.02. The maximum absolute atomic E-state index is 10.1. The van der Waals surface area contributed by atoms with Crippen LogP contribution in [0, 0.1) is 5.41 Å². The minimum Gasteiger partial charge on any atom is -0.388 e. The van der Waals surface area contributed by atoms with E-state index in [1.165, 1.54) is 0 Å². The van der Waals surface area contributed by atoms with E-state index < -0.39 is 24.3 Å². The molecule has 0 fully saturated rings. The Bertz CT molecular complexity index is 395. The van der Waals surface area contributed by atoms with Crippen molar-refractivity contribution in [3.63, 3.8) is 0 Å². The molecule has 0 saturated carbocycles. The molecule has 0 heterocycles. The van der Waals surface area contributed by atoms with Gasteiger partial charge in [0.1, 0.15) is 0 Å². The molecule has 0 saturated heterocycles. The van der Waals surface area contributed by atoms with Crippen molar-refractivity contribution in [1.29, 1.82) is 0 Å². The lowest BCUT2D eigenvalue weighted by molar-refractivity contribution is 0.147. The summed E-state index contributed by atoms with van der Waals surface area (Å²) in [4.78, 5) is 0. The van der Waals surface area contributed by atoms with Gasteiger partial charge in [0.15, 0.2) is 0 Å². The van der Waals surface area contributed by atoms with E-state index in [1.807, 2.05) is 0 Å². The first-order chi connectivity index (χ1) is 8.02. The van der Waals surface area contributed by atoms with E-state index in [-0.39, 0.29) is 0 Å². The van der Waals surface area contributed by atoms with Crippen molar-refractivity contribution in [2.75, 3.05) is 0 Å². The molecule has 0 aliphatic heterocycles. The first kappa shape index (κ1) is 6.62. The Balaban J connectivity index is 3.15. The van der Waals surface area contributed by atoms with Gasteiger partial charge in [-0.15, -0.1) is 0 Å². The molecule has 14 heavy (non-hydrogen) atoms. The van der Waals surface area contributed by atoms with Crippen LogP contribution in [0.5, 0.6) is 0 Å². The van der Waals surface area contributed by atoms with Crippen molar-refractivity contribution in [3.05, 3.63) is 35.9 Å². The van der Waals surface area contributed by atoms with Gasteiger partial charge in [0.2, 0.25) is 0 Å². The molecule has 1 aromatic rings. The molecule has 0 aliphatic rings. The zero-order chi connectivity index (χ0) is 14.2. The highest BCUT2D eigenvalue weighted by Gasteiger charge is 2.14. The van der Waals surface area contributed by atoms with E-state index in [1.54, 1.807) is 51.1 Å². The number of aliphatic hydroxyl groups is 1. The molecular weight excluding hydrogens is 172 g/mol. The van der Waals surface area contributed by atoms with E-state index >= 15 is 0 Å². The lowest BCUT2D eigenvalue weighted by Gasteiger charge is -2.20. The lowest BCUT2D eigenvalue weighted by Crippen LogP contribution is -2.08. The fourth-order valence-electron chi connectivity index (χ4n) is 1.00. The van der Waals surface area contributed by atoms with E-state index in [2.05, 4.69) is 0 Å². The van der Waals surface area contributed by atoms with Gasteiger partial charge in [0.05, 0.1) is 6.10 Å². The quantitative estimate of drug-likeness (QED) is 0.784. The minimum absolute atomic E-state index is 0.385. The maximum atomic E-state index is 10.1. The molecule has 1 unspecified atom stereocenters. The molecule has 1 nitrogen and oxygen atoms in total. The van der Waals surface area contributed by atoms with Crippen molar-refractivity contribution in [2.45, 2.75) is 39.6 Å². The minimum atomic E-state index is -2.37. The van der Waals surface area contributed by atoms with Crippen molar-refractivity contribution < 1.29 is 10.6 Å². The molecule has 1 aromatic carbocycles.